The summed E-state index contributed by atoms with van der Waals surface area (Å²) in [4.78, 5) is 12.2. The third kappa shape index (κ3) is 5.10. The van der Waals surface area contributed by atoms with Gasteiger partial charge in [-0.3, -0.25) is 4.79 Å². The second kappa shape index (κ2) is 9.23. The van der Waals surface area contributed by atoms with Crippen molar-refractivity contribution < 1.29 is 13.9 Å². The van der Waals surface area contributed by atoms with Crippen LogP contribution in [0, 0.1) is 0 Å². The Bertz CT molecular complexity index is 883. The van der Waals surface area contributed by atoms with Gasteiger partial charge in [0.15, 0.2) is 0 Å². The van der Waals surface area contributed by atoms with Crippen molar-refractivity contribution in [2.24, 2.45) is 0 Å². The minimum Gasteiger partial charge on any atom is -0.493 e. The number of para-hydroxylation sites is 1. The Balaban J connectivity index is 1.58. The van der Waals surface area contributed by atoms with Crippen LogP contribution in [0.4, 0.5) is 0 Å². The van der Waals surface area contributed by atoms with E-state index in [1.807, 2.05) is 68.4 Å². The number of amides is 1. The summed E-state index contributed by atoms with van der Waals surface area (Å²) in [5.41, 5.74) is 1.80. The molecular weight excluding hydrogens is 362 g/mol. The predicted molar refractivity (Wildman–Crippen MR) is 105 cm³/mol. The molecule has 1 atom stereocenters. The lowest BCUT2D eigenvalue weighted by atomic mass is 10.1. The summed E-state index contributed by atoms with van der Waals surface area (Å²) in [5, 5.41) is 11.4. The Morgan fingerprint density at radius 2 is 1.89 bits per heavy atom. The number of carbonyl (C=O) groups is 1. The van der Waals surface area contributed by atoms with Crippen molar-refractivity contribution in [2.45, 2.75) is 25.1 Å². The van der Waals surface area contributed by atoms with Crippen LogP contribution in [0.1, 0.15) is 25.5 Å². The number of nitrogens with zero attached hydrogens (tertiary/aromatic N) is 2. The Morgan fingerprint density at radius 1 is 1.15 bits per heavy atom. The maximum absolute atomic E-state index is 12.2. The largest absolute Gasteiger partial charge is 0.493 e. The second-order valence-corrected chi connectivity index (χ2v) is 6.72. The summed E-state index contributed by atoms with van der Waals surface area (Å²) in [5.74, 6) is 1.17. The molecule has 140 valence electrons. The van der Waals surface area contributed by atoms with E-state index >= 15 is 0 Å². The van der Waals surface area contributed by atoms with Gasteiger partial charge in [0.1, 0.15) is 5.75 Å². The molecule has 2 aromatic carbocycles. The highest BCUT2D eigenvalue weighted by molar-refractivity contribution is 7.99. The maximum Gasteiger partial charge on any atom is 0.277 e. The summed E-state index contributed by atoms with van der Waals surface area (Å²) < 4.78 is 11.3. The van der Waals surface area contributed by atoms with E-state index in [1.165, 1.54) is 11.8 Å². The quantitative estimate of drug-likeness (QED) is 0.590. The molecule has 0 saturated carbocycles. The standard InChI is InChI=1S/C20H21N3O3S/c1-3-25-17-12-8-7-11-16(17)19-22-23-20(26-19)27-13-18(24)21-14(2)15-9-5-4-6-10-15/h4-12,14H,3,13H2,1-2H3,(H,21,24). The maximum atomic E-state index is 12.2. The van der Waals surface area contributed by atoms with Gasteiger partial charge in [0.05, 0.1) is 24.0 Å². The fourth-order valence-electron chi connectivity index (χ4n) is 2.54. The molecule has 0 aliphatic rings. The van der Waals surface area contributed by atoms with Gasteiger partial charge in [-0.1, -0.05) is 54.2 Å². The molecule has 1 heterocycles. The van der Waals surface area contributed by atoms with E-state index in [2.05, 4.69) is 15.5 Å². The zero-order valence-electron chi connectivity index (χ0n) is 15.2. The van der Waals surface area contributed by atoms with Gasteiger partial charge in [0.2, 0.25) is 5.91 Å². The number of nitrogens with one attached hydrogen (secondary N) is 1. The summed E-state index contributed by atoms with van der Waals surface area (Å²) in [6, 6.07) is 17.2. The minimum absolute atomic E-state index is 0.0596. The molecule has 0 spiro atoms. The Hall–Kier alpha value is -2.80. The second-order valence-electron chi connectivity index (χ2n) is 5.79. The van der Waals surface area contributed by atoms with Crippen molar-refractivity contribution in [2.75, 3.05) is 12.4 Å². The zero-order valence-corrected chi connectivity index (χ0v) is 16.0. The number of benzene rings is 2. The normalized spacial score (nSPS) is 11.8. The number of thioether (sulfide) groups is 1. The molecule has 0 aliphatic heterocycles. The van der Waals surface area contributed by atoms with Crippen molar-refractivity contribution in [1.82, 2.24) is 15.5 Å². The fraction of sp³-hybridized carbons (Fsp3) is 0.250. The highest BCUT2D eigenvalue weighted by Crippen LogP contribution is 2.30. The summed E-state index contributed by atoms with van der Waals surface area (Å²) in [7, 11) is 0. The number of rotatable bonds is 8. The fourth-order valence-corrected chi connectivity index (χ4v) is 3.11. The first-order chi connectivity index (χ1) is 13.2. The molecule has 0 radical (unpaired) electrons. The molecule has 1 unspecified atom stereocenters. The molecule has 1 N–H and O–H groups in total. The van der Waals surface area contributed by atoms with E-state index in [9.17, 15) is 4.79 Å². The van der Waals surface area contributed by atoms with E-state index in [0.29, 0.717) is 23.5 Å². The van der Waals surface area contributed by atoms with Gasteiger partial charge < -0.3 is 14.5 Å². The topological polar surface area (TPSA) is 77.2 Å². The first-order valence-electron chi connectivity index (χ1n) is 8.70. The average molecular weight is 383 g/mol. The van der Waals surface area contributed by atoms with Gasteiger partial charge in [-0.2, -0.15) is 0 Å². The van der Waals surface area contributed by atoms with Crippen molar-refractivity contribution in [3.05, 3.63) is 60.2 Å². The van der Waals surface area contributed by atoms with Crippen molar-refractivity contribution in [3.8, 4) is 17.2 Å². The molecular formula is C20H21N3O3S. The van der Waals surface area contributed by atoms with Crippen LogP contribution in [0.2, 0.25) is 0 Å². The van der Waals surface area contributed by atoms with Crippen molar-refractivity contribution in [1.29, 1.82) is 0 Å². The summed E-state index contributed by atoms with van der Waals surface area (Å²) in [6.07, 6.45) is 0. The number of hydrogen-bond acceptors (Lipinski definition) is 6. The average Bonchev–Trinajstić information content (AvgIpc) is 3.16. The van der Waals surface area contributed by atoms with Crippen LogP contribution >= 0.6 is 11.8 Å². The van der Waals surface area contributed by atoms with Crippen molar-refractivity contribution >= 4 is 17.7 Å². The lowest BCUT2D eigenvalue weighted by Gasteiger charge is -2.13. The van der Waals surface area contributed by atoms with Crippen LogP contribution in [0.15, 0.2) is 64.2 Å². The van der Waals surface area contributed by atoms with Crippen LogP contribution < -0.4 is 10.1 Å². The molecule has 0 aliphatic carbocycles. The van der Waals surface area contributed by atoms with Gasteiger partial charge in [-0.05, 0) is 31.5 Å². The van der Waals surface area contributed by atoms with Crippen molar-refractivity contribution in [3.63, 3.8) is 0 Å². The molecule has 27 heavy (non-hydrogen) atoms. The minimum atomic E-state index is -0.0918. The molecule has 0 bridgehead atoms. The smallest absolute Gasteiger partial charge is 0.277 e. The predicted octanol–water partition coefficient (Wildman–Crippen LogP) is 4.10. The monoisotopic (exact) mass is 383 g/mol. The Morgan fingerprint density at radius 3 is 2.67 bits per heavy atom. The number of carbonyl (C=O) groups excluding carboxylic acids is 1. The van der Waals surface area contributed by atoms with Gasteiger partial charge in [0.25, 0.3) is 11.1 Å². The highest BCUT2D eigenvalue weighted by atomic mass is 32.2. The van der Waals surface area contributed by atoms with Crippen LogP contribution in [0.3, 0.4) is 0 Å². The molecule has 7 heteroatoms. The van der Waals surface area contributed by atoms with Crippen LogP contribution in [-0.4, -0.2) is 28.5 Å². The van der Waals surface area contributed by atoms with Gasteiger partial charge in [0, 0.05) is 0 Å². The summed E-state index contributed by atoms with van der Waals surface area (Å²) in [6.45, 7) is 4.42. The molecule has 0 fully saturated rings. The van der Waals surface area contributed by atoms with Gasteiger partial charge >= 0.3 is 0 Å². The highest BCUT2D eigenvalue weighted by Gasteiger charge is 2.15. The Kier molecular flexibility index (Phi) is 6.49. The van der Waals surface area contributed by atoms with Crippen LogP contribution in [-0.2, 0) is 4.79 Å². The first-order valence-corrected chi connectivity index (χ1v) is 9.68. The molecule has 3 rings (SSSR count). The summed E-state index contributed by atoms with van der Waals surface area (Å²) >= 11 is 1.21. The zero-order chi connectivity index (χ0) is 19.1. The number of hydrogen-bond donors (Lipinski definition) is 1. The number of ether oxygens (including phenoxy) is 1. The molecule has 3 aromatic rings. The first kappa shape index (κ1) is 19.0. The lowest BCUT2D eigenvalue weighted by molar-refractivity contribution is -0.119. The number of aromatic nitrogens is 2. The third-order valence-electron chi connectivity index (χ3n) is 3.83. The van der Waals surface area contributed by atoms with E-state index < -0.39 is 0 Å². The lowest BCUT2D eigenvalue weighted by Crippen LogP contribution is -2.28. The molecule has 0 saturated heterocycles. The molecule has 6 nitrogen and oxygen atoms in total. The Labute approximate surface area is 162 Å². The van der Waals surface area contributed by atoms with E-state index in [1.54, 1.807) is 0 Å². The third-order valence-corrected chi connectivity index (χ3v) is 4.65. The van der Waals surface area contributed by atoms with Crippen LogP contribution in [0.25, 0.3) is 11.5 Å². The SMILES string of the molecule is CCOc1ccccc1-c1nnc(SCC(=O)NC(C)c2ccccc2)o1. The molecule has 1 aromatic heterocycles. The van der Waals surface area contributed by atoms with Crippen LogP contribution in [0.5, 0.6) is 5.75 Å². The van der Waals surface area contributed by atoms with E-state index in [4.69, 9.17) is 9.15 Å². The van der Waals surface area contributed by atoms with Gasteiger partial charge in [-0.25, -0.2) is 0 Å². The van der Waals surface area contributed by atoms with E-state index in [0.717, 1.165) is 11.1 Å². The van der Waals surface area contributed by atoms with Gasteiger partial charge in [-0.15, -0.1) is 10.2 Å². The van der Waals surface area contributed by atoms with E-state index in [-0.39, 0.29) is 17.7 Å². The molecule has 1 amide bonds.